The van der Waals surface area contributed by atoms with Gasteiger partial charge in [0.05, 0.1) is 28.8 Å². The molecule has 2 N–H and O–H groups in total. The number of rotatable bonds is 6. The topological polar surface area (TPSA) is 114 Å². The van der Waals surface area contributed by atoms with Crippen LogP contribution in [-0.2, 0) is 4.79 Å². The Hall–Kier alpha value is -3.33. The molecule has 0 bridgehead atoms. The molecule has 2 aromatic rings. The molecule has 1 heterocycles. The molecule has 0 spiro atoms. The number of hydrogen-bond donors (Lipinski definition) is 2. The quantitative estimate of drug-likeness (QED) is 0.550. The molecular weight excluding hydrogens is 400 g/mol. The molecule has 9 nitrogen and oxygen atoms in total. The second-order valence-electron chi connectivity index (χ2n) is 6.26. The van der Waals surface area contributed by atoms with Crippen molar-refractivity contribution in [2.45, 2.75) is 6.92 Å². The molecular formula is C19H19ClN4O5. The first-order valence-corrected chi connectivity index (χ1v) is 9.30. The highest BCUT2D eigenvalue weighted by atomic mass is 35.5. The van der Waals surface area contributed by atoms with Crippen molar-refractivity contribution in [3.63, 3.8) is 0 Å². The number of ether oxygens (including phenoxy) is 1. The third-order valence-corrected chi connectivity index (χ3v) is 4.60. The zero-order chi connectivity index (χ0) is 21.0. The van der Waals surface area contributed by atoms with Crippen LogP contribution in [-0.4, -0.2) is 43.0 Å². The molecule has 0 aliphatic carbocycles. The van der Waals surface area contributed by atoms with Gasteiger partial charge in [0.25, 0.3) is 5.91 Å². The predicted molar refractivity (Wildman–Crippen MR) is 109 cm³/mol. The van der Waals surface area contributed by atoms with Gasteiger partial charge in [-0.05, 0) is 37.3 Å². The van der Waals surface area contributed by atoms with Gasteiger partial charge in [-0.25, -0.2) is 0 Å². The van der Waals surface area contributed by atoms with Crippen LogP contribution in [0.3, 0.4) is 0 Å². The van der Waals surface area contributed by atoms with Gasteiger partial charge in [0.2, 0.25) is 5.91 Å². The molecule has 2 aromatic carbocycles. The van der Waals surface area contributed by atoms with Crippen LogP contribution in [0, 0.1) is 10.1 Å². The Morgan fingerprint density at radius 1 is 1.34 bits per heavy atom. The summed E-state index contributed by atoms with van der Waals surface area (Å²) in [5.74, 6) is -0.494. The van der Waals surface area contributed by atoms with Crippen LogP contribution < -0.4 is 20.3 Å². The van der Waals surface area contributed by atoms with Crippen LogP contribution in [0.1, 0.15) is 17.3 Å². The molecule has 0 aromatic heterocycles. The van der Waals surface area contributed by atoms with E-state index in [1.54, 1.807) is 25.1 Å². The highest BCUT2D eigenvalue weighted by Gasteiger charge is 2.21. The number of anilines is 2. The minimum absolute atomic E-state index is 0.0817. The van der Waals surface area contributed by atoms with E-state index in [0.29, 0.717) is 29.5 Å². The summed E-state index contributed by atoms with van der Waals surface area (Å²) in [5.41, 5.74) is 0.960. The first-order valence-electron chi connectivity index (χ1n) is 8.93. The van der Waals surface area contributed by atoms with Gasteiger partial charge in [0, 0.05) is 30.4 Å². The van der Waals surface area contributed by atoms with E-state index < -0.39 is 10.8 Å². The van der Waals surface area contributed by atoms with Crippen molar-refractivity contribution in [1.29, 1.82) is 0 Å². The van der Waals surface area contributed by atoms with Crippen molar-refractivity contribution in [2.75, 3.05) is 36.5 Å². The number of nitrogens with zero attached hydrogens (tertiary/aromatic N) is 2. The van der Waals surface area contributed by atoms with Gasteiger partial charge in [0.15, 0.2) is 5.75 Å². The van der Waals surface area contributed by atoms with E-state index in [2.05, 4.69) is 10.6 Å². The number of nitro benzene ring substituents is 1. The largest absolute Gasteiger partial charge is 0.487 e. The highest BCUT2D eigenvalue weighted by molar-refractivity contribution is 6.33. The van der Waals surface area contributed by atoms with Crippen LogP contribution in [0.4, 0.5) is 17.1 Å². The molecule has 152 valence electrons. The molecule has 0 unspecified atom stereocenters. The summed E-state index contributed by atoms with van der Waals surface area (Å²) in [4.78, 5) is 36.6. The predicted octanol–water partition coefficient (Wildman–Crippen LogP) is 2.84. The second kappa shape index (κ2) is 8.78. The van der Waals surface area contributed by atoms with Crippen molar-refractivity contribution in [3.05, 3.63) is 57.1 Å². The van der Waals surface area contributed by atoms with E-state index in [1.165, 1.54) is 18.2 Å². The lowest BCUT2D eigenvalue weighted by Gasteiger charge is -2.29. The Balaban J connectivity index is 1.77. The third-order valence-electron chi connectivity index (χ3n) is 4.30. The van der Waals surface area contributed by atoms with Crippen molar-refractivity contribution < 1.29 is 19.2 Å². The molecule has 0 saturated carbocycles. The summed E-state index contributed by atoms with van der Waals surface area (Å²) >= 11 is 6.33. The van der Waals surface area contributed by atoms with Crippen LogP contribution in [0.25, 0.3) is 0 Å². The maximum atomic E-state index is 12.5. The Bertz CT molecular complexity index is 966. The van der Waals surface area contributed by atoms with E-state index in [-0.39, 0.29) is 36.1 Å². The number of nitrogens with one attached hydrogen (secondary N) is 2. The normalized spacial score (nSPS) is 13.6. The summed E-state index contributed by atoms with van der Waals surface area (Å²) in [6, 6.07) is 8.97. The van der Waals surface area contributed by atoms with Gasteiger partial charge < -0.3 is 20.3 Å². The fourth-order valence-electron chi connectivity index (χ4n) is 2.97. The van der Waals surface area contributed by atoms with Gasteiger partial charge in [0.1, 0.15) is 0 Å². The second-order valence-corrected chi connectivity index (χ2v) is 6.67. The zero-order valence-corrected chi connectivity index (χ0v) is 16.4. The van der Waals surface area contributed by atoms with Crippen LogP contribution in [0.2, 0.25) is 5.02 Å². The van der Waals surface area contributed by atoms with Crippen LogP contribution >= 0.6 is 11.6 Å². The maximum Gasteiger partial charge on any atom is 0.311 e. The van der Waals surface area contributed by atoms with Crippen molar-refractivity contribution >= 4 is 40.5 Å². The first kappa shape index (κ1) is 20.4. The number of carbonyl (C=O) groups excluding carboxylic acids is 2. The van der Waals surface area contributed by atoms with E-state index in [9.17, 15) is 19.7 Å². The van der Waals surface area contributed by atoms with E-state index in [1.807, 2.05) is 4.90 Å². The SMILES string of the molecule is CCOc1ccc(C(=O)Nc2ccc(N3CCNC(=O)C3)c(Cl)c2)cc1[N+](=O)[O-]. The molecule has 0 atom stereocenters. The molecule has 0 radical (unpaired) electrons. The number of piperazine rings is 1. The Labute approximate surface area is 171 Å². The molecule has 1 aliphatic rings. The van der Waals surface area contributed by atoms with Gasteiger partial charge in [-0.3, -0.25) is 19.7 Å². The summed E-state index contributed by atoms with van der Waals surface area (Å²) in [5, 5.41) is 17.0. The smallest absolute Gasteiger partial charge is 0.311 e. The van der Waals surface area contributed by atoms with Gasteiger partial charge in [-0.1, -0.05) is 11.6 Å². The summed E-state index contributed by atoms with van der Waals surface area (Å²) in [6.07, 6.45) is 0. The van der Waals surface area contributed by atoms with Gasteiger partial charge >= 0.3 is 5.69 Å². The number of amides is 2. The number of benzene rings is 2. The van der Waals surface area contributed by atoms with Crippen molar-refractivity contribution in [2.24, 2.45) is 0 Å². The fraction of sp³-hybridized carbons (Fsp3) is 0.263. The molecule has 29 heavy (non-hydrogen) atoms. The Kier molecular flexibility index (Phi) is 6.18. The zero-order valence-electron chi connectivity index (χ0n) is 15.6. The van der Waals surface area contributed by atoms with Crippen LogP contribution in [0.15, 0.2) is 36.4 Å². The molecule has 1 fully saturated rings. The van der Waals surface area contributed by atoms with Gasteiger partial charge in [-0.15, -0.1) is 0 Å². The number of nitro groups is 1. The molecule has 10 heteroatoms. The van der Waals surface area contributed by atoms with Gasteiger partial charge in [-0.2, -0.15) is 0 Å². The Morgan fingerprint density at radius 2 is 2.14 bits per heavy atom. The van der Waals surface area contributed by atoms with E-state index >= 15 is 0 Å². The average Bonchev–Trinajstić information content (AvgIpc) is 2.68. The van der Waals surface area contributed by atoms with Crippen molar-refractivity contribution in [3.8, 4) is 5.75 Å². The first-order chi connectivity index (χ1) is 13.9. The summed E-state index contributed by atoms with van der Waals surface area (Å²) in [6.45, 7) is 3.36. The Morgan fingerprint density at radius 3 is 2.79 bits per heavy atom. The molecule has 2 amide bonds. The molecule has 1 saturated heterocycles. The van der Waals surface area contributed by atoms with E-state index in [0.717, 1.165) is 0 Å². The molecule has 1 aliphatic heterocycles. The highest BCUT2D eigenvalue weighted by Crippen LogP contribution is 2.31. The molecule has 3 rings (SSSR count). The van der Waals surface area contributed by atoms with Crippen molar-refractivity contribution in [1.82, 2.24) is 5.32 Å². The lowest BCUT2D eigenvalue weighted by atomic mass is 10.1. The summed E-state index contributed by atoms with van der Waals surface area (Å²) in [7, 11) is 0. The van der Waals surface area contributed by atoms with Crippen LogP contribution in [0.5, 0.6) is 5.75 Å². The monoisotopic (exact) mass is 418 g/mol. The number of halogens is 1. The number of hydrogen-bond acceptors (Lipinski definition) is 6. The lowest BCUT2D eigenvalue weighted by Crippen LogP contribution is -2.47. The summed E-state index contributed by atoms with van der Waals surface area (Å²) < 4.78 is 5.22. The maximum absolute atomic E-state index is 12.5. The standard InChI is InChI=1S/C19H19ClN4O5/c1-2-29-17-6-3-12(9-16(17)24(27)28)19(26)22-13-4-5-15(14(20)10-13)23-8-7-21-18(25)11-23/h3-6,9-10H,2,7-8,11H2,1H3,(H,21,25)(H,22,26). The lowest BCUT2D eigenvalue weighted by molar-refractivity contribution is -0.385. The number of carbonyl (C=O) groups is 2. The minimum atomic E-state index is -0.595. The van der Waals surface area contributed by atoms with E-state index in [4.69, 9.17) is 16.3 Å². The fourth-order valence-corrected chi connectivity index (χ4v) is 3.27. The third kappa shape index (κ3) is 4.75. The minimum Gasteiger partial charge on any atom is -0.487 e. The average molecular weight is 419 g/mol.